The lowest BCUT2D eigenvalue weighted by Crippen LogP contribution is -2.15. The number of benzene rings is 1. The third kappa shape index (κ3) is 4.16. The summed E-state index contributed by atoms with van der Waals surface area (Å²) in [5.41, 5.74) is 1.02. The molecular formula is C18H17ClN4O2. The average Bonchev–Trinajstić information content (AvgIpc) is 3.01. The lowest BCUT2D eigenvalue weighted by Gasteiger charge is -2.12. The van der Waals surface area contributed by atoms with E-state index in [2.05, 4.69) is 15.4 Å². The summed E-state index contributed by atoms with van der Waals surface area (Å²) in [6, 6.07) is 10.5. The van der Waals surface area contributed by atoms with Crippen molar-refractivity contribution in [2.45, 2.75) is 20.0 Å². The number of pyridine rings is 1. The number of amides is 1. The highest BCUT2D eigenvalue weighted by molar-refractivity contribution is 6.30. The van der Waals surface area contributed by atoms with Crippen LogP contribution in [-0.2, 0) is 0 Å². The second kappa shape index (κ2) is 7.36. The standard InChI is InChI=1S/C18H17ClN4O2/c1-12(2)25-15-6-3-5-13(9-15)18(24)22-16-7-4-8-20-17(16)23-11-14(19)10-21-23/h3-12H,1-2H3,(H,22,24). The van der Waals surface area contributed by atoms with Gasteiger partial charge in [-0.25, -0.2) is 9.67 Å². The Morgan fingerprint density at radius 2 is 2.12 bits per heavy atom. The first-order valence-electron chi connectivity index (χ1n) is 7.76. The number of carbonyl (C=O) groups is 1. The van der Waals surface area contributed by atoms with E-state index in [1.807, 2.05) is 19.9 Å². The van der Waals surface area contributed by atoms with Gasteiger partial charge in [0.25, 0.3) is 5.91 Å². The topological polar surface area (TPSA) is 69.0 Å². The summed E-state index contributed by atoms with van der Waals surface area (Å²) < 4.78 is 7.14. The fourth-order valence-electron chi connectivity index (χ4n) is 2.27. The highest BCUT2D eigenvalue weighted by Crippen LogP contribution is 2.21. The van der Waals surface area contributed by atoms with Crippen LogP contribution in [0, 0.1) is 0 Å². The highest BCUT2D eigenvalue weighted by atomic mass is 35.5. The Hall–Kier alpha value is -2.86. The Morgan fingerprint density at radius 1 is 1.28 bits per heavy atom. The Kier molecular flexibility index (Phi) is 5.00. The van der Waals surface area contributed by atoms with Crippen molar-refractivity contribution in [3.05, 3.63) is 65.6 Å². The highest BCUT2D eigenvalue weighted by Gasteiger charge is 2.13. The molecule has 2 heterocycles. The minimum atomic E-state index is -0.262. The van der Waals surface area contributed by atoms with Crippen molar-refractivity contribution in [1.82, 2.24) is 14.8 Å². The van der Waals surface area contributed by atoms with Gasteiger partial charge >= 0.3 is 0 Å². The molecule has 0 unspecified atom stereocenters. The molecule has 2 aromatic heterocycles. The SMILES string of the molecule is CC(C)Oc1cccc(C(=O)Nc2cccnc2-n2cc(Cl)cn2)c1. The van der Waals surface area contributed by atoms with E-state index < -0.39 is 0 Å². The molecule has 1 N–H and O–H groups in total. The van der Waals surface area contributed by atoms with Gasteiger partial charge in [-0.1, -0.05) is 17.7 Å². The minimum absolute atomic E-state index is 0.0350. The smallest absolute Gasteiger partial charge is 0.255 e. The van der Waals surface area contributed by atoms with Crippen molar-refractivity contribution in [2.75, 3.05) is 5.32 Å². The predicted molar refractivity (Wildman–Crippen MR) is 96.5 cm³/mol. The first-order chi connectivity index (χ1) is 12.0. The number of hydrogen-bond donors (Lipinski definition) is 1. The lowest BCUT2D eigenvalue weighted by molar-refractivity contribution is 0.102. The molecule has 0 fully saturated rings. The maximum absolute atomic E-state index is 12.6. The van der Waals surface area contributed by atoms with E-state index in [0.717, 1.165) is 0 Å². The molecule has 0 aliphatic heterocycles. The predicted octanol–water partition coefficient (Wildman–Crippen LogP) is 3.96. The zero-order valence-corrected chi connectivity index (χ0v) is 14.6. The van der Waals surface area contributed by atoms with Gasteiger partial charge in [0.2, 0.25) is 0 Å². The van der Waals surface area contributed by atoms with Crippen molar-refractivity contribution >= 4 is 23.2 Å². The van der Waals surface area contributed by atoms with Crippen LogP contribution in [0.3, 0.4) is 0 Å². The summed E-state index contributed by atoms with van der Waals surface area (Å²) >= 11 is 5.91. The monoisotopic (exact) mass is 356 g/mol. The van der Waals surface area contributed by atoms with Crippen LogP contribution in [0.25, 0.3) is 5.82 Å². The van der Waals surface area contributed by atoms with Crippen molar-refractivity contribution in [3.63, 3.8) is 0 Å². The van der Waals surface area contributed by atoms with Crippen LogP contribution in [0.15, 0.2) is 55.0 Å². The van der Waals surface area contributed by atoms with Gasteiger partial charge in [-0.3, -0.25) is 4.79 Å². The number of halogens is 1. The molecule has 0 bridgehead atoms. The van der Waals surface area contributed by atoms with Gasteiger partial charge in [-0.2, -0.15) is 5.10 Å². The quantitative estimate of drug-likeness (QED) is 0.751. The van der Waals surface area contributed by atoms with E-state index in [-0.39, 0.29) is 12.0 Å². The summed E-state index contributed by atoms with van der Waals surface area (Å²) in [4.78, 5) is 16.9. The molecule has 0 atom stereocenters. The first-order valence-corrected chi connectivity index (χ1v) is 8.14. The Morgan fingerprint density at radius 3 is 2.84 bits per heavy atom. The number of hydrogen-bond acceptors (Lipinski definition) is 4. The van der Waals surface area contributed by atoms with Gasteiger partial charge in [0.05, 0.1) is 29.2 Å². The van der Waals surface area contributed by atoms with Gasteiger partial charge in [-0.15, -0.1) is 0 Å². The summed E-state index contributed by atoms with van der Waals surface area (Å²) in [6.07, 6.45) is 4.79. The van der Waals surface area contributed by atoms with Gasteiger partial charge in [0.15, 0.2) is 5.82 Å². The van der Waals surface area contributed by atoms with Crippen molar-refractivity contribution < 1.29 is 9.53 Å². The summed E-state index contributed by atoms with van der Waals surface area (Å²) in [5, 5.41) is 7.47. The molecule has 3 aromatic rings. The van der Waals surface area contributed by atoms with E-state index >= 15 is 0 Å². The molecule has 1 aromatic carbocycles. The molecule has 3 rings (SSSR count). The zero-order valence-electron chi connectivity index (χ0n) is 13.8. The molecule has 0 saturated heterocycles. The number of nitrogens with one attached hydrogen (secondary N) is 1. The molecule has 0 aliphatic rings. The maximum atomic E-state index is 12.6. The second-order valence-electron chi connectivity index (χ2n) is 5.63. The normalized spacial score (nSPS) is 10.7. The second-order valence-corrected chi connectivity index (χ2v) is 6.06. The Bertz CT molecular complexity index is 892. The van der Waals surface area contributed by atoms with E-state index in [9.17, 15) is 4.79 Å². The van der Waals surface area contributed by atoms with Crippen LogP contribution >= 0.6 is 11.6 Å². The molecular weight excluding hydrogens is 340 g/mol. The van der Waals surface area contributed by atoms with Gasteiger partial charge in [-0.05, 0) is 44.2 Å². The van der Waals surface area contributed by atoms with Crippen LogP contribution in [0.5, 0.6) is 5.75 Å². The minimum Gasteiger partial charge on any atom is -0.491 e. The van der Waals surface area contributed by atoms with Crippen molar-refractivity contribution in [3.8, 4) is 11.6 Å². The van der Waals surface area contributed by atoms with Gasteiger partial charge in [0.1, 0.15) is 5.75 Å². The van der Waals surface area contributed by atoms with E-state index in [1.54, 1.807) is 42.7 Å². The van der Waals surface area contributed by atoms with Crippen LogP contribution in [0.2, 0.25) is 5.02 Å². The van der Waals surface area contributed by atoms with Crippen LogP contribution in [0.1, 0.15) is 24.2 Å². The number of ether oxygens (including phenoxy) is 1. The Balaban J connectivity index is 1.84. The van der Waals surface area contributed by atoms with Crippen LogP contribution in [-0.4, -0.2) is 26.8 Å². The van der Waals surface area contributed by atoms with Gasteiger partial charge in [0, 0.05) is 11.8 Å². The van der Waals surface area contributed by atoms with E-state index in [1.165, 1.54) is 10.9 Å². The molecule has 0 aliphatic carbocycles. The third-order valence-electron chi connectivity index (χ3n) is 3.27. The van der Waals surface area contributed by atoms with Crippen molar-refractivity contribution in [1.29, 1.82) is 0 Å². The molecule has 25 heavy (non-hydrogen) atoms. The molecule has 1 amide bonds. The first kappa shape index (κ1) is 17.0. The maximum Gasteiger partial charge on any atom is 0.255 e. The summed E-state index contributed by atoms with van der Waals surface area (Å²) in [7, 11) is 0. The lowest BCUT2D eigenvalue weighted by atomic mass is 10.2. The van der Waals surface area contributed by atoms with Gasteiger partial charge < -0.3 is 10.1 Å². The Labute approximate surface area is 150 Å². The molecule has 7 heteroatoms. The number of anilines is 1. The molecule has 128 valence electrons. The number of rotatable bonds is 5. The third-order valence-corrected chi connectivity index (χ3v) is 3.47. The summed E-state index contributed by atoms with van der Waals surface area (Å²) in [5.74, 6) is 0.868. The zero-order chi connectivity index (χ0) is 17.8. The largest absolute Gasteiger partial charge is 0.491 e. The van der Waals surface area contributed by atoms with E-state index in [0.29, 0.717) is 27.8 Å². The molecule has 0 radical (unpaired) electrons. The number of nitrogens with zero attached hydrogens (tertiary/aromatic N) is 3. The fourth-order valence-corrected chi connectivity index (χ4v) is 2.41. The number of carbonyl (C=O) groups excluding carboxylic acids is 1. The van der Waals surface area contributed by atoms with E-state index in [4.69, 9.17) is 16.3 Å². The number of aromatic nitrogens is 3. The van der Waals surface area contributed by atoms with Crippen molar-refractivity contribution in [2.24, 2.45) is 0 Å². The average molecular weight is 357 g/mol. The van der Waals surface area contributed by atoms with Crippen LogP contribution < -0.4 is 10.1 Å². The fraction of sp³-hybridized carbons (Fsp3) is 0.167. The molecule has 6 nitrogen and oxygen atoms in total. The molecule has 0 spiro atoms. The van der Waals surface area contributed by atoms with Crippen LogP contribution in [0.4, 0.5) is 5.69 Å². The summed E-state index contributed by atoms with van der Waals surface area (Å²) in [6.45, 7) is 3.87. The molecule has 0 saturated carbocycles.